The molecule has 0 bridgehead atoms. The molecular weight excluding hydrogens is 244 g/mol. The van der Waals surface area contributed by atoms with E-state index in [4.69, 9.17) is 5.11 Å². The van der Waals surface area contributed by atoms with E-state index in [1.807, 2.05) is 0 Å². The number of hydrogen-bond donors (Lipinski definition) is 3. The van der Waals surface area contributed by atoms with Crippen molar-refractivity contribution in [1.29, 1.82) is 0 Å². The molecule has 1 aliphatic carbocycles. The van der Waals surface area contributed by atoms with E-state index in [1.165, 1.54) is 6.20 Å². The Bertz CT molecular complexity index is 440. The minimum Gasteiger partial charge on any atom is -0.478 e. The van der Waals surface area contributed by atoms with Crippen molar-refractivity contribution in [3.63, 3.8) is 0 Å². The summed E-state index contributed by atoms with van der Waals surface area (Å²) < 4.78 is 0. The van der Waals surface area contributed by atoms with Crippen molar-refractivity contribution in [3.8, 4) is 0 Å². The normalized spacial score (nSPS) is 18.6. The summed E-state index contributed by atoms with van der Waals surface area (Å²) in [6, 6.07) is 1.63. The first-order valence-corrected chi connectivity index (χ1v) is 6.74. The van der Waals surface area contributed by atoms with Crippen molar-refractivity contribution in [2.75, 3.05) is 11.9 Å². The molecule has 104 valence electrons. The lowest BCUT2D eigenvalue weighted by atomic mass is 9.94. The van der Waals surface area contributed by atoms with Crippen LogP contribution in [0, 0.1) is 0 Å². The lowest BCUT2D eigenvalue weighted by molar-refractivity contribution is 0.0380. The number of hydrogen-bond acceptors (Lipinski definition) is 4. The van der Waals surface area contributed by atoms with Gasteiger partial charge in [-0.15, -0.1) is 0 Å². The third-order valence-corrected chi connectivity index (χ3v) is 3.69. The monoisotopic (exact) mass is 264 g/mol. The van der Waals surface area contributed by atoms with Gasteiger partial charge in [0.1, 0.15) is 5.56 Å². The maximum atomic E-state index is 11.1. The van der Waals surface area contributed by atoms with Gasteiger partial charge in [-0.1, -0.05) is 25.7 Å². The maximum Gasteiger partial charge on any atom is 0.339 e. The summed E-state index contributed by atoms with van der Waals surface area (Å²) in [6.45, 7) is 0.386. The zero-order valence-corrected chi connectivity index (χ0v) is 10.9. The fourth-order valence-corrected chi connectivity index (χ4v) is 2.54. The molecule has 0 amide bonds. The Morgan fingerprint density at radius 2 is 2.00 bits per heavy atom. The number of aromatic carboxylic acids is 1. The number of pyridine rings is 1. The van der Waals surface area contributed by atoms with Crippen LogP contribution in [0.4, 0.5) is 5.69 Å². The summed E-state index contributed by atoms with van der Waals surface area (Å²) in [7, 11) is 0. The molecule has 0 spiro atoms. The van der Waals surface area contributed by atoms with Crippen LogP contribution in [0.5, 0.6) is 0 Å². The van der Waals surface area contributed by atoms with E-state index < -0.39 is 11.6 Å². The largest absolute Gasteiger partial charge is 0.478 e. The van der Waals surface area contributed by atoms with Crippen LogP contribution in [0.2, 0.25) is 0 Å². The third-order valence-electron chi connectivity index (χ3n) is 3.69. The minimum atomic E-state index is -1.01. The maximum absolute atomic E-state index is 11.1. The zero-order valence-electron chi connectivity index (χ0n) is 10.9. The number of carbonyl (C=O) groups is 1. The van der Waals surface area contributed by atoms with Crippen molar-refractivity contribution in [2.24, 2.45) is 0 Å². The molecule has 5 nitrogen and oxygen atoms in total. The van der Waals surface area contributed by atoms with Crippen LogP contribution >= 0.6 is 0 Å². The van der Waals surface area contributed by atoms with Gasteiger partial charge in [0.25, 0.3) is 0 Å². The van der Waals surface area contributed by atoms with E-state index in [1.54, 1.807) is 12.3 Å². The number of anilines is 1. The first-order valence-electron chi connectivity index (χ1n) is 6.74. The molecule has 0 saturated heterocycles. The molecule has 0 aromatic carbocycles. The van der Waals surface area contributed by atoms with Gasteiger partial charge in [0, 0.05) is 18.9 Å². The highest BCUT2D eigenvalue weighted by atomic mass is 16.4. The SMILES string of the molecule is O=C(O)c1cnccc1NCC1(O)CCCCCC1. The van der Waals surface area contributed by atoms with Crippen LogP contribution in [0.15, 0.2) is 18.5 Å². The summed E-state index contributed by atoms with van der Waals surface area (Å²) in [4.78, 5) is 14.9. The Hall–Kier alpha value is -1.62. The molecule has 1 aromatic rings. The Balaban J connectivity index is 2.03. The lowest BCUT2D eigenvalue weighted by Crippen LogP contribution is -2.36. The molecule has 0 aliphatic heterocycles. The number of carboxylic acid groups (broad SMARTS) is 1. The zero-order chi connectivity index (χ0) is 13.7. The molecular formula is C14H20N2O3. The quantitative estimate of drug-likeness (QED) is 0.727. The van der Waals surface area contributed by atoms with Crippen LogP contribution < -0.4 is 5.32 Å². The first-order chi connectivity index (χ1) is 9.11. The molecule has 0 atom stereocenters. The van der Waals surface area contributed by atoms with Crippen molar-refractivity contribution in [3.05, 3.63) is 24.0 Å². The molecule has 5 heteroatoms. The van der Waals surface area contributed by atoms with Gasteiger partial charge in [-0.3, -0.25) is 4.98 Å². The van der Waals surface area contributed by atoms with Crippen LogP contribution in [0.3, 0.4) is 0 Å². The standard InChI is InChI=1S/C14H20N2O3/c17-13(18)11-9-15-8-5-12(11)16-10-14(19)6-3-1-2-4-7-14/h5,8-9,19H,1-4,6-7,10H2,(H,15,16)(H,17,18). The van der Waals surface area contributed by atoms with Gasteiger partial charge in [0.15, 0.2) is 0 Å². The van der Waals surface area contributed by atoms with E-state index >= 15 is 0 Å². The molecule has 1 aromatic heterocycles. The van der Waals surface area contributed by atoms with E-state index in [2.05, 4.69) is 10.3 Å². The number of aromatic nitrogens is 1. The second-order valence-corrected chi connectivity index (χ2v) is 5.22. The van der Waals surface area contributed by atoms with E-state index in [0.29, 0.717) is 12.2 Å². The predicted molar refractivity (Wildman–Crippen MR) is 72.3 cm³/mol. The van der Waals surface area contributed by atoms with Gasteiger partial charge in [-0.05, 0) is 18.9 Å². The van der Waals surface area contributed by atoms with Gasteiger partial charge in [0.2, 0.25) is 0 Å². The number of nitrogens with one attached hydrogen (secondary N) is 1. The summed E-state index contributed by atoms with van der Waals surface area (Å²) in [5, 5.41) is 22.6. The molecule has 0 radical (unpaired) electrons. The van der Waals surface area contributed by atoms with Crippen molar-refractivity contribution in [2.45, 2.75) is 44.1 Å². The van der Waals surface area contributed by atoms with Crippen LogP contribution in [-0.2, 0) is 0 Å². The lowest BCUT2D eigenvalue weighted by Gasteiger charge is -2.27. The Morgan fingerprint density at radius 3 is 2.63 bits per heavy atom. The first kappa shape index (κ1) is 13.8. The van der Waals surface area contributed by atoms with Crippen molar-refractivity contribution < 1.29 is 15.0 Å². The Morgan fingerprint density at radius 1 is 1.32 bits per heavy atom. The summed E-state index contributed by atoms with van der Waals surface area (Å²) in [6.07, 6.45) is 8.80. The van der Waals surface area contributed by atoms with Gasteiger partial charge in [-0.2, -0.15) is 0 Å². The fraction of sp³-hybridized carbons (Fsp3) is 0.571. The number of aliphatic hydroxyl groups is 1. The highest BCUT2D eigenvalue weighted by molar-refractivity contribution is 5.93. The van der Waals surface area contributed by atoms with Gasteiger partial charge in [-0.25, -0.2) is 4.79 Å². The van der Waals surface area contributed by atoms with Gasteiger partial charge in [0.05, 0.1) is 11.3 Å². The molecule has 2 rings (SSSR count). The average molecular weight is 264 g/mol. The number of rotatable bonds is 4. The topological polar surface area (TPSA) is 82.5 Å². The molecule has 1 aliphatic rings. The number of carboxylic acids is 1. The van der Waals surface area contributed by atoms with Gasteiger partial charge >= 0.3 is 5.97 Å². The Kier molecular flexibility index (Phi) is 4.37. The van der Waals surface area contributed by atoms with Crippen LogP contribution in [0.1, 0.15) is 48.9 Å². The smallest absolute Gasteiger partial charge is 0.339 e. The van der Waals surface area contributed by atoms with Crippen LogP contribution in [0.25, 0.3) is 0 Å². The molecule has 19 heavy (non-hydrogen) atoms. The van der Waals surface area contributed by atoms with Crippen LogP contribution in [-0.4, -0.2) is 33.3 Å². The van der Waals surface area contributed by atoms with Gasteiger partial charge < -0.3 is 15.5 Å². The highest BCUT2D eigenvalue weighted by Crippen LogP contribution is 2.27. The summed E-state index contributed by atoms with van der Waals surface area (Å²) >= 11 is 0. The predicted octanol–water partition coefficient (Wildman–Crippen LogP) is 2.28. The molecule has 1 heterocycles. The van der Waals surface area contributed by atoms with E-state index in [-0.39, 0.29) is 5.56 Å². The molecule has 3 N–H and O–H groups in total. The molecule has 1 saturated carbocycles. The van der Waals surface area contributed by atoms with E-state index in [9.17, 15) is 9.90 Å². The summed E-state index contributed by atoms with van der Waals surface area (Å²) in [5.41, 5.74) is -0.0740. The average Bonchev–Trinajstić information content (AvgIpc) is 2.62. The third kappa shape index (κ3) is 3.67. The van der Waals surface area contributed by atoms with Crippen molar-refractivity contribution >= 4 is 11.7 Å². The summed E-state index contributed by atoms with van der Waals surface area (Å²) in [5.74, 6) is -1.01. The highest BCUT2D eigenvalue weighted by Gasteiger charge is 2.28. The fourth-order valence-electron chi connectivity index (χ4n) is 2.54. The van der Waals surface area contributed by atoms with Crippen molar-refractivity contribution in [1.82, 2.24) is 4.98 Å². The molecule has 0 unspecified atom stereocenters. The van der Waals surface area contributed by atoms with E-state index in [0.717, 1.165) is 38.5 Å². The molecule has 1 fully saturated rings. The number of nitrogens with zero attached hydrogens (tertiary/aromatic N) is 1. The Labute approximate surface area is 112 Å². The second kappa shape index (κ2) is 6.02. The second-order valence-electron chi connectivity index (χ2n) is 5.22. The minimum absolute atomic E-state index is 0.139.